The maximum atomic E-state index is 12.3. The second kappa shape index (κ2) is 7.49. The molecule has 0 saturated heterocycles. The van der Waals surface area contributed by atoms with Crippen LogP contribution < -0.4 is 15.5 Å². The molecule has 0 aliphatic carbocycles. The molecule has 0 bridgehead atoms. The maximum Gasteiger partial charge on any atom is 0.291 e. The highest BCUT2D eigenvalue weighted by Crippen LogP contribution is 2.23. The molecule has 0 atom stereocenters. The van der Waals surface area contributed by atoms with Crippen molar-refractivity contribution in [2.75, 3.05) is 30.9 Å². The van der Waals surface area contributed by atoms with Crippen LogP contribution in [0.4, 0.5) is 11.4 Å². The molecule has 2 amide bonds. The largest absolute Gasteiger partial charge is 0.459 e. The summed E-state index contributed by atoms with van der Waals surface area (Å²) in [5.41, 5.74) is 1.84. The minimum Gasteiger partial charge on any atom is -0.459 e. The highest BCUT2D eigenvalue weighted by molar-refractivity contribution is 6.05. The van der Waals surface area contributed by atoms with Gasteiger partial charge in [0.25, 0.3) is 11.8 Å². The lowest BCUT2D eigenvalue weighted by Crippen LogP contribution is -2.26. The van der Waals surface area contributed by atoms with Gasteiger partial charge in [-0.3, -0.25) is 9.59 Å². The third kappa shape index (κ3) is 4.12. The number of furan rings is 1. The molecule has 0 radical (unpaired) electrons. The van der Waals surface area contributed by atoms with E-state index < -0.39 is 0 Å². The van der Waals surface area contributed by atoms with E-state index in [4.69, 9.17) is 4.42 Å². The van der Waals surface area contributed by atoms with Gasteiger partial charge in [-0.2, -0.15) is 0 Å². The van der Waals surface area contributed by atoms with E-state index in [2.05, 4.69) is 10.6 Å². The molecule has 122 valence electrons. The summed E-state index contributed by atoms with van der Waals surface area (Å²) < 4.78 is 5.06. The first kappa shape index (κ1) is 16.6. The molecule has 0 aliphatic rings. The zero-order chi connectivity index (χ0) is 16.8. The lowest BCUT2D eigenvalue weighted by atomic mass is 10.1. The monoisotopic (exact) mass is 315 g/mol. The Kier molecular flexibility index (Phi) is 5.41. The van der Waals surface area contributed by atoms with Gasteiger partial charge in [0.15, 0.2) is 5.76 Å². The van der Waals surface area contributed by atoms with E-state index in [-0.39, 0.29) is 17.6 Å². The first-order valence-corrected chi connectivity index (χ1v) is 7.47. The van der Waals surface area contributed by atoms with Crippen LogP contribution in [0.2, 0.25) is 0 Å². The van der Waals surface area contributed by atoms with Crippen molar-refractivity contribution >= 4 is 23.2 Å². The molecule has 23 heavy (non-hydrogen) atoms. The Labute approximate surface area is 135 Å². The van der Waals surface area contributed by atoms with Crippen molar-refractivity contribution < 1.29 is 14.0 Å². The van der Waals surface area contributed by atoms with Crippen molar-refractivity contribution in [1.29, 1.82) is 0 Å². The first-order chi connectivity index (χ1) is 11.0. The molecule has 2 N–H and O–H groups in total. The molecule has 2 rings (SSSR count). The number of carbonyl (C=O) groups is 2. The van der Waals surface area contributed by atoms with Crippen molar-refractivity contribution in [3.63, 3.8) is 0 Å². The number of hydrogen-bond donors (Lipinski definition) is 2. The molecular formula is C17H21N3O3. The molecule has 0 unspecified atom stereocenters. The number of nitrogens with zero attached hydrogens (tertiary/aromatic N) is 1. The van der Waals surface area contributed by atoms with Crippen LogP contribution in [0.25, 0.3) is 0 Å². The van der Waals surface area contributed by atoms with Gasteiger partial charge >= 0.3 is 0 Å². The number of amides is 2. The van der Waals surface area contributed by atoms with Crippen LogP contribution in [0.1, 0.15) is 34.3 Å². The predicted molar refractivity (Wildman–Crippen MR) is 90.1 cm³/mol. The maximum absolute atomic E-state index is 12.3. The number of hydrogen-bond acceptors (Lipinski definition) is 4. The summed E-state index contributed by atoms with van der Waals surface area (Å²) >= 11 is 0. The number of rotatable bonds is 6. The summed E-state index contributed by atoms with van der Waals surface area (Å²) in [5.74, 6) is -0.296. The van der Waals surface area contributed by atoms with Gasteiger partial charge in [0.05, 0.1) is 11.8 Å². The third-order valence-electron chi connectivity index (χ3n) is 3.26. The average molecular weight is 315 g/mol. The van der Waals surface area contributed by atoms with Crippen LogP contribution >= 0.6 is 0 Å². The summed E-state index contributed by atoms with van der Waals surface area (Å²) in [7, 11) is 3.74. The number of benzene rings is 1. The van der Waals surface area contributed by atoms with E-state index in [1.54, 1.807) is 30.3 Å². The standard InChI is InChI=1S/C17H21N3O3/c1-4-9-18-16(21)13-11-12(7-8-14(13)20(2)3)19-17(22)15-6-5-10-23-15/h5-8,10-11H,4,9H2,1-3H3,(H,18,21)(H,19,22). The van der Waals surface area contributed by atoms with Crippen molar-refractivity contribution in [3.8, 4) is 0 Å². The molecular weight excluding hydrogens is 294 g/mol. The highest BCUT2D eigenvalue weighted by Gasteiger charge is 2.15. The van der Waals surface area contributed by atoms with Gasteiger partial charge in [-0.05, 0) is 36.8 Å². The number of carbonyl (C=O) groups excluding carboxylic acids is 2. The van der Waals surface area contributed by atoms with Gasteiger partial charge in [0, 0.05) is 32.0 Å². The van der Waals surface area contributed by atoms with Crippen LogP contribution in [0.15, 0.2) is 41.0 Å². The topological polar surface area (TPSA) is 74.6 Å². The lowest BCUT2D eigenvalue weighted by Gasteiger charge is -2.18. The molecule has 1 heterocycles. The van der Waals surface area contributed by atoms with Crippen LogP contribution in [0, 0.1) is 0 Å². The van der Waals surface area contributed by atoms with Crippen LogP contribution in [-0.4, -0.2) is 32.5 Å². The van der Waals surface area contributed by atoms with Gasteiger partial charge in [-0.25, -0.2) is 0 Å². The Morgan fingerprint density at radius 1 is 1.17 bits per heavy atom. The Balaban J connectivity index is 2.25. The summed E-state index contributed by atoms with van der Waals surface area (Å²) in [6, 6.07) is 8.46. The van der Waals surface area contributed by atoms with Gasteiger partial charge in [0.2, 0.25) is 0 Å². The van der Waals surface area contributed by atoms with Gasteiger partial charge < -0.3 is 20.0 Å². The Bertz CT molecular complexity index is 678. The first-order valence-electron chi connectivity index (χ1n) is 7.47. The van der Waals surface area contributed by atoms with Crippen molar-refractivity contribution in [2.24, 2.45) is 0 Å². The van der Waals surface area contributed by atoms with Gasteiger partial charge in [0.1, 0.15) is 0 Å². The summed E-state index contributed by atoms with van der Waals surface area (Å²) in [6.45, 7) is 2.60. The highest BCUT2D eigenvalue weighted by atomic mass is 16.3. The van der Waals surface area contributed by atoms with E-state index in [0.717, 1.165) is 12.1 Å². The van der Waals surface area contributed by atoms with Crippen molar-refractivity contribution in [1.82, 2.24) is 5.32 Å². The zero-order valence-electron chi connectivity index (χ0n) is 13.6. The molecule has 0 aliphatic heterocycles. The number of nitrogens with one attached hydrogen (secondary N) is 2. The second-order valence-electron chi connectivity index (χ2n) is 5.31. The second-order valence-corrected chi connectivity index (χ2v) is 5.31. The van der Waals surface area contributed by atoms with Crippen LogP contribution in [-0.2, 0) is 0 Å². The normalized spacial score (nSPS) is 10.2. The minimum absolute atomic E-state index is 0.162. The molecule has 1 aromatic heterocycles. The van der Waals surface area contributed by atoms with E-state index in [0.29, 0.717) is 17.8 Å². The molecule has 0 fully saturated rings. The Morgan fingerprint density at radius 3 is 2.57 bits per heavy atom. The third-order valence-corrected chi connectivity index (χ3v) is 3.26. The van der Waals surface area contributed by atoms with E-state index >= 15 is 0 Å². The molecule has 0 saturated carbocycles. The quantitative estimate of drug-likeness (QED) is 0.859. The fourth-order valence-electron chi connectivity index (χ4n) is 2.12. The minimum atomic E-state index is -0.354. The molecule has 0 spiro atoms. The summed E-state index contributed by atoms with van der Waals surface area (Å²) in [6.07, 6.45) is 2.30. The summed E-state index contributed by atoms with van der Waals surface area (Å²) in [5, 5.41) is 5.59. The number of anilines is 2. The lowest BCUT2D eigenvalue weighted by molar-refractivity contribution is 0.0952. The Hall–Kier alpha value is -2.76. The fourth-order valence-corrected chi connectivity index (χ4v) is 2.12. The van der Waals surface area contributed by atoms with Crippen molar-refractivity contribution in [2.45, 2.75) is 13.3 Å². The van der Waals surface area contributed by atoms with Crippen LogP contribution in [0.3, 0.4) is 0 Å². The Morgan fingerprint density at radius 2 is 1.96 bits per heavy atom. The average Bonchev–Trinajstić information content (AvgIpc) is 3.06. The molecule has 6 nitrogen and oxygen atoms in total. The predicted octanol–water partition coefficient (Wildman–Crippen LogP) is 2.74. The molecule has 2 aromatic rings. The summed E-state index contributed by atoms with van der Waals surface area (Å²) in [4.78, 5) is 26.2. The zero-order valence-corrected chi connectivity index (χ0v) is 13.6. The van der Waals surface area contributed by atoms with E-state index in [9.17, 15) is 9.59 Å². The van der Waals surface area contributed by atoms with E-state index in [1.165, 1.54) is 6.26 Å². The SMILES string of the molecule is CCCNC(=O)c1cc(NC(=O)c2ccco2)ccc1N(C)C. The van der Waals surface area contributed by atoms with Crippen LogP contribution in [0.5, 0.6) is 0 Å². The molecule has 6 heteroatoms. The van der Waals surface area contributed by atoms with Gasteiger partial charge in [-0.15, -0.1) is 0 Å². The molecule has 1 aromatic carbocycles. The smallest absolute Gasteiger partial charge is 0.291 e. The van der Waals surface area contributed by atoms with Gasteiger partial charge in [-0.1, -0.05) is 6.92 Å². The van der Waals surface area contributed by atoms with E-state index in [1.807, 2.05) is 25.9 Å². The van der Waals surface area contributed by atoms with Crippen molar-refractivity contribution in [3.05, 3.63) is 47.9 Å². The fraction of sp³-hybridized carbons (Fsp3) is 0.294.